The molecule has 0 saturated carbocycles. The number of imide groups is 1. The van der Waals surface area contributed by atoms with Gasteiger partial charge in [-0.3, -0.25) is 0 Å². The molecule has 0 atom stereocenters. The Morgan fingerprint density at radius 3 is 2.37 bits per heavy atom. The minimum Gasteiger partial charge on any atom is -0.507 e. The lowest BCUT2D eigenvalue weighted by Gasteiger charge is -2.25. The highest BCUT2D eigenvalue weighted by Gasteiger charge is 2.31. The van der Waals surface area contributed by atoms with Gasteiger partial charge in [0.25, 0.3) is 0 Å². The Bertz CT molecular complexity index is 1200. The largest absolute Gasteiger partial charge is 0.507 e. The minimum absolute atomic E-state index is 0.00298. The Kier molecular flexibility index (Phi) is 7.82. The first-order chi connectivity index (χ1) is 16.5. The Labute approximate surface area is 201 Å². The van der Waals surface area contributed by atoms with Crippen LogP contribution < -0.4 is 15.0 Å². The molecule has 10 nitrogen and oxygen atoms in total. The van der Waals surface area contributed by atoms with E-state index >= 15 is 4.39 Å². The van der Waals surface area contributed by atoms with Gasteiger partial charge in [0.05, 0.1) is 5.69 Å². The van der Waals surface area contributed by atoms with Crippen molar-refractivity contribution >= 4 is 17.9 Å². The van der Waals surface area contributed by atoms with Crippen molar-refractivity contribution in [1.29, 1.82) is 0 Å². The van der Waals surface area contributed by atoms with Crippen molar-refractivity contribution in [2.45, 2.75) is 39.5 Å². The number of hydrogen-bond donors (Lipinski definition) is 3. The molecule has 2 amide bonds. The Morgan fingerprint density at radius 2 is 1.74 bits per heavy atom. The first kappa shape index (κ1) is 25.4. The number of amides is 2. The lowest BCUT2D eigenvalue weighted by Crippen LogP contribution is -2.40. The summed E-state index contributed by atoms with van der Waals surface area (Å²) in [6, 6.07) is 10.5. The number of phenolic OH excluding ortho intramolecular Hbond substituents is 1. The van der Waals surface area contributed by atoms with E-state index in [9.17, 15) is 19.8 Å². The number of carbonyl (C=O) groups excluding carboxylic acids is 1. The van der Waals surface area contributed by atoms with E-state index in [1.54, 1.807) is 39.0 Å². The van der Waals surface area contributed by atoms with Crippen LogP contribution >= 0.6 is 0 Å². The average molecular weight is 484 g/mol. The molecule has 35 heavy (non-hydrogen) atoms. The van der Waals surface area contributed by atoms with E-state index in [0.29, 0.717) is 11.3 Å². The van der Waals surface area contributed by atoms with Gasteiger partial charge in [0, 0.05) is 42.7 Å². The molecule has 184 valence electrons. The van der Waals surface area contributed by atoms with Crippen LogP contribution in [0.1, 0.15) is 31.9 Å². The highest BCUT2D eigenvalue weighted by molar-refractivity contribution is 6.08. The lowest BCUT2D eigenvalue weighted by molar-refractivity contribution is 0.0580. The number of nitrogens with one attached hydrogen (secondary N) is 1. The summed E-state index contributed by atoms with van der Waals surface area (Å²) in [5, 5.41) is 22.8. The Morgan fingerprint density at radius 1 is 1.06 bits per heavy atom. The normalized spacial score (nSPS) is 11.1. The van der Waals surface area contributed by atoms with Gasteiger partial charge in [-0.05, 0) is 39.0 Å². The summed E-state index contributed by atoms with van der Waals surface area (Å²) >= 11 is 0. The van der Waals surface area contributed by atoms with E-state index in [4.69, 9.17) is 9.47 Å². The third-order valence-electron chi connectivity index (χ3n) is 4.51. The number of anilines is 1. The number of halogens is 1. The maximum absolute atomic E-state index is 15.1. The van der Waals surface area contributed by atoms with Gasteiger partial charge < -0.3 is 25.0 Å². The number of hydrogen-bond acceptors (Lipinski definition) is 8. The number of aromatic nitrogens is 2. The van der Waals surface area contributed by atoms with Crippen LogP contribution in [-0.4, -0.2) is 38.0 Å². The number of rotatable bonds is 7. The Hall–Kier alpha value is -4.25. The molecule has 0 aliphatic heterocycles. The second-order valence-corrected chi connectivity index (χ2v) is 8.38. The fraction of sp³-hybridized carbons (Fsp3) is 0.250. The standard InChI is InChI=1S/C24H25FN4O6/c1-24(2,3)35-23(33)29(22(31)32)18-7-4-6-16(20(18)25)14-26-13-15-8-9-17(12-19(15)30)34-21-27-10-5-11-28-21/h4-12,26,30H,13-14H2,1-3H3,(H,31,32). The van der Waals surface area contributed by atoms with Gasteiger partial charge in [0.1, 0.15) is 17.1 Å². The molecule has 0 fully saturated rings. The fourth-order valence-electron chi connectivity index (χ4n) is 2.99. The van der Waals surface area contributed by atoms with Crippen LogP contribution in [-0.2, 0) is 17.8 Å². The smallest absolute Gasteiger partial charge is 0.424 e. The van der Waals surface area contributed by atoms with E-state index in [1.807, 2.05) is 0 Å². The molecular formula is C24H25FN4O6. The predicted octanol–water partition coefficient (Wildman–Crippen LogP) is 4.82. The molecule has 0 radical (unpaired) electrons. The molecule has 0 spiro atoms. The summed E-state index contributed by atoms with van der Waals surface area (Å²) in [6.07, 6.45) is 0.175. The zero-order chi connectivity index (χ0) is 25.6. The van der Waals surface area contributed by atoms with E-state index in [0.717, 1.165) is 0 Å². The van der Waals surface area contributed by atoms with Gasteiger partial charge in [-0.2, -0.15) is 4.90 Å². The average Bonchev–Trinajstić information content (AvgIpc) is 2.77. The molecule has 1 aromatic heterocycles. The van der Waals surface area contributed by atoms with Crippen LogP contribution in [0.3, 0.4) is 0 Å². The quantitative estimate of drug-likeness (QED) is 0.431. The molecule has 3 rings (SSSR count). The summed E-state index contributed by atoms with van der Waals surface area (Å²) in [4.78, 5) is 32.1. The third kappa shape index (κ3) is 6.87. The molecule has 2 aromatic carbocycles. The number of benzene rings is 2. The topological polar surface area (TPSA) is 134 Å². The highest BCUT2D eigenvalue weighted by Crippen LogP contribution is 2.27. The predicted molar refractivity (Wildman–Crippen MR) is 124 cm³/mol. The molecule has 11 heteroatoms. The summed E-state index contributed by atoms with van der Waals surface area (Å²) in [7, 11) is 0. The summed E-state index contributed by atoms with van der Waals surface area (Å²) in [5.74, 6) is -0.599. The summed E-state index contributed by atoms with van der Waals surface area (Å²) < 4.78 is 25.7. The number of carboxylic acid groups (broad SMARTS) is 1. The van der Waals surface area contributed by atoms with E-state index in [1.165, 1.54) is 36.7 Å². The highest BCUT2D eigenvalue weighted by atomic mass is 19.1. The van der Waals surface area contributed by atoms with Gasteiger partial charge in [0.15, 0.2) is 5.82 Å². The van der Waals surface area contributed by atoms with Crippen molar-refractivity contribution in [2.24, 2.45) is 0 Å². The number of nitrogens with zero attached hydrogens (tertiary/aromatic N) is 3. The van der Waals surface area contributed by atoms with Gasteiger partial charge in [-0.1, -0.05) is 18.2 Å². The lowest BCUT2D eigenvalue weighted by atomic mass is 10.1. The van der Waals surface area contributed by atoms with E-state index in [-0.39, 0.29) is 35.3 Å². The number of aromatic hydroxyl groups is 1. The van der Waals surface area contributed by atoms with Crippen LogP contribution in [0.4, 0.5) is 19.7 Å². The number of carbonyl (C=O) groups is 2. The molecule has 0 aliphatic rings. The van der Waals surface area contributed by atoms with E-state index in [2.05, 4.69) is 15.3 Å². The first-order valence-electron chi connectivity index (χ1n) is 10.6. The molecule has 0 aliphatic carbocycles. The third-order valence-corrected chi connectivity index (χ3v) is 4.51. The second-order valence-electron chi connectivity index (χ2n) is 8.38. The summed E-state index contributed by atoms with van der Waals surface area (Å²) in [5.41, 5.74) is -0.766. The molecule has 1 heterocycles. The van der Waals surface area contributed by atoms with Gasteiger partial charge in [-0.15, -0.1) is 0 Å². The van der Waals surface area contributed by atoms with Crippen LogP contribution in [0.5, 0.6) is 17.5 Å². The monoisotopic (exact) mass is 484 g/mol. The first-order valence-corrected chi connectivity index (χ1v) is 10.6. The summed E-state index contributed by atoms with van der Waals surface area (Å²) in [6.45, 7) is 4.89. The molecule has 0 bridgehead atoms. The van der Waals surface area contributed by atoms with Crippen molar-refractivity contribution < 1.29 is 33.7 Å². The molecule has 3 N–H and O–H groups in total. The van der Waals surface area contributed by atoms with Crippen LogP contribution in [0, 0.1) is 5.82 Å². The number of ether oxygens (including phenoxy) is 2. The van der Waals surface area contributed by atoms with Crippen molar-refractivity contribution in [3.05, 3.63) is 71.8 Å². The maximum atomic E-state index is 15.1. The fourth-order valence-corrected chi connectivity index (χ4v) is 2.99. The van der Waals surface area contributed by atoms with Gasteiger partial charge in [0.2, 0.25) is 0 Å². The van der Waals surface area contributed by atoms with Gasteiger partial charge >= 0.3 is 18.2 Å². The molecule has 3 aromatic rings. The van der Waals surface area contributed by atoms with Gasteiger partial charge in [-0.25, -0.2) is 23.9 Å². The molecular weight excluding hydrogens is 459 g/mol. The molecule has 0 unspecified atom stereocenters. The number of phenols is 1. The van der Waals surface area contributed by atoms with Crippen LogP contribution in [0.2, 0.25) is 0 Å². The van der Waals surface area contributed by atoms with Crippen molar-refractivity contribution in [3.63, 3.8) is 0 Å². The van der Waals surface area contributed by atoms with Crippen molar-refractivity contribution in [2.75, 3.05) is 4.90 Å². The van der Waals surface area contributed by atoms with Crippen LogP contribution in [0.15, 0.2) is 54.9 Å². The van der Waals surface area contributed by atoms with Crippen molar-refractivity contribution in [3.8, 4) is 17.5 Å². The SMILES string of the molecule is CC(C)(C)OC(=O)N(C(=O)O)c1cccc(CNCc2ccc(Oc3ncccn3)cc2O)c1F. The van der Waals surface area contributed by atoms with E-state index < -0.39 is 29.3 Å². The maximum Gasteiger partial charge on any atom is 0.424 e. The minimum atomic E-state index is -1.67. The van der Waals surface area contributed by atoms with Crippen LogP contribution in [0.25, 0.3) is 0 Å². The Balaban J connectivity index is 1.68. The zero-order valence-corrected chi connectivity index (χ0v) is 19.4. The van der Waals surface area contributed by atoms with Crippen molar-refractivity contribution in [1.82, 2.24) is 15.3 Å². The second kappa shape index (κ2) is 10.8. The zero-order valence-electron chi connectivity index (χ0n) is 19.4. The molecule has 0 saturated heterocycles.